The van der Waals surface area contributed by atoms with Crippen molar-refractivity contribution in [1.82, 2.24) is 9.55 Å². The zero-order valence-corrected chi connectivity index (χ0v) is 12.3. The molecule has 106 valence electrons. The molecule has 0 aliphatic carbocycles. The molecule has 1 heterocycles. The Balaban J connectivity index is 1.93. The summed E-state index contributed by atoms with van der Waals surface area (Å²) >= 11 is 0. The minimum absolute atomic E-state index is 0.116. The first-order chi connectivity index (χ1) is 10.1. The number of fused-ring (bicyclic) bond motifs is 1. The van der Waals surface area contributed by atoms with Crippen molar-refractivity contribution in [2.45, 2.75) is 13.8 Å². The molecule has 0 aliphatic rings. The average Bonchev–Trinajstić information content (AvgIpc) is 2.76. The number of rotatable bonds is 2. The van der Waals surface area contributed by atoms with E-state index in [-0.39, 0.29) is 5.91 Å². The lowest BCUT2D eigenvalue weighted by molar-refractivity contribution is 0.102. The zero-order chi connectivity index (χ0) is 15.0. The highest BCUT2D eigenvalue weighted by Crippen LogP contribution is 2.19. The first-order valence-corrected chi connectivity index (χ1v) is 6.86. The van der Waals surface area contributed by atoms with E-state index in [1.54, 1.807) is 0 Å². The maximum absolute atomic E-state index is 12.4. The molecule has 0 radical (unpaired) electrons. The number of carbonyl (C=O) groups is 1. The van der Waals surface area contributed by atoms with Crippen LogP contribution < -0.4 is 5.32 Å². The van der Waals surface area contributed by atoms with E-state index in [1.165, 1.54) is 0 Å². The second kappa shape index (κ2) is 5.05. The van der Waals surface area contributed by atoms with E-state index in [4.69, 9.17) is 0 Å². The van der Waals surface area contributed by atoms with Gasteiger partial charge in [-0.15, -0.1) is 0 Å². The van der Waals surface area contributed by atoms with Gasteiger partial charge in [0.25, 0.3) is 5.91 Å². The highest BCUT2D eigenvalue weighted by atomic mass is 16.1. The lowest BCUT2D eigenvalue weighted by atomic mass is 10.1. The molecular weight excluding hydrogens is 262 g/mol. The highest BCUT2D eigenvalue weighted by molar-refractivity contribution is 6.06. The summed E-state index contributed by atoms with van der Waals surface area (Å²) < 4.78 is 2.01. The maximum Gasteiger partial charge on any atom is 0.255 e. The Morgan fingerprint density at radius 1 is 1.14 bits per heavy atom. The molecule has 0 aliphatic heterocycles. The largest absolute Gasteiger partial charge is 0.331 e. The predicted octanol–water partition coefficient (Wildman–Crippen LogP) is 3.44. The minimum Gasteiger partial charge on any atom is -0.331 e. The van der Waals surface area contributed by atoms with Crippen LogP contribution in [-0.4, -0.2) is 15.5 Å². The van der Waals surface area contributed by atoms with Gasteiger partial charge >= 0.3 is 0 Å². The summed E-state index contributed by atoms with van der Waals surface area (Å²) in [5, 5.41) is 2.94. The normalized spacial score (nSPS) is 10.8. The number of aromatic nitrogens is 2. The van der Waals surface area contributed by atoms with Crippen molar-refractivity contribution in [1.29, 1.82) is 0 Å². The number of para-hydroxylation sites is 1. The van der Waals surface area contributed by atoms with Crippen LogP contribution in [0.15, 0.2) is 42.5 Å². The first kappa shape index (κ1) is 13.4. The summed E-state index contributed by atoms with van der Waals surface area (Å²) in [6, 6.07) is 13.3. The van der Waals surface area contributed by atoms with Crippen molar-refractivity contribution in [2.24, 2.45) is 7.05 Å². The fraction of sp³-hybridized carbons (Fsp3) is 0.176. The molecule has 1 aromatic heterocycles. The SMILES string of the molecule is Cc1ccccc1NC(=O)c1ccc2c(c1)nc(C)n2C. The van der Waals surface area contributed by atoms with Gasteiger partial charge in [0.1, 0.15) is 5.82 Å². The van der Waals surface area contributed by atoms with Gasteiger partial charge in [-0.3, -0.25) is 4.79 Å². The number of hydrogen-bond acceptors (Lipinski definition) is 2. The van der Waals surface area contributed by atoms with E-state index < -0.39 is 0 Å². The van der Waals surface area contributed by atoms with Gasteiger partial charge in [0.2, 0.25) is 0 Å². The Morgan fingerprint density at radius 2 is 1.90 bits per heavy atom. The Hall–Kier alpha value is -2.62. The molecule has 4 heteroatoms. The molecule has 0 atom stereocenters. The highest BCUT2D eigenvalue weighted by Gasteiger charge is 2.11. The van der Waals surface area contributed by atoms with Gasteiger partial charge in [0, 0.05) is 18.3 Å². The van der Waals surface area contributed by atoms with Crippen LogP contribution in [0.2, 0.25) is 0 Å². The smallest absolute Gasteiger partial charge is 0.255 e. The van der Waals surface area contributed by atoms with Gasteiger partial charge in [0.05, 0.1) is 11.0 Å². The standard InChI is InChI=1S/C17H17N3O/c1-11-6-4-5-7-14(11)19-17(21)13-8-9-16-15(10-13)18-12(2)20(16)3/h4-10H,1-3H3,(H,19,21). The van der Waals surface area contributed by atoms with E-state index in [9.17, 15) is 4.79 Å². The first-order valence-electron chi connectivity index (χ1n) is 6.86. The van der Waals surface area contributed by atoms with Crippen molar-refractivity contribution >= 4 is 22.6 Å². The molecule has 0 bridgehead atoms. The molecule has 3 rings (SSSR count). The molecule has 4 nitrogen and oxygen atoms in total. The van der Waals surface area contributed by atoms with Crippen LogP contribution in [0.25, 0.3) is 11.0 Å². The number of carbonyl (C=O) groups excluding carboxylic acids is 1. The average molecular weight is 279 g/mol. The third-order valence-electron chi connectivity index (χ3n) is 3.76. The topological polar surface area (TPSA) is 46.9 Å². The number of amides is 1. The Labute approximate surface area is 123 Å². The van der Waals surface area contributed by atoms with Crippen LogP contribution in [0.5, 0.6) is 0 Å². The van der Waals surface area contributed by atoms with E-state index in [2.05, 4.69) is 10.3 Å². The molecule has 0 saturated carbocycles. The van der Waals surface area contributed by atoms with E-state index in [0.29, 0.717) is 5.56 Å². The summed E-state index contributed by atoms with van der Waals surface area (Å²) in [7, 11) is 1.97. The maximum atomic E-state index is 12.4. The molecule has 1 amide bonds. The molecule has 1 N–H and O–H groups in total. The monoisotopic (exact) mass is 279 g/mol. The Morgan fingerprint density at radius 3 is 2.67 bits per heavy atom. The number of hydrogen-bond donors (Lipinski definition) is 1. The molecule has 0 unspecified atom stereocenters. The predicted molar refractivity (Wildman–Crippen MR) is 84.6 cm³/mol. The van der Waals surface area contributed by atoms with Crippen LogP contribution in [0.1, 0.15) is 21.7 Å². The van der Waals surface area contributed by atoms with Crippen LogP contribution in [0, 0.1) is 13.8 Å². The van der Waals surface area contributed by atoms with Gasteiger partial charge in [-0.05, 0) is 43.7 Å². The fourth-order valence-corrected chi connectivity index (χ4v) is 2.37. The number of nitrogens with one attached hydrogen (secondary N) is 1. The van der Waals surface area contributed by atoms with Gasteiger partial charge in [-0.2, -0.15) is 0 Å². The van der Waals surface area contributed by atoms with Crippen molar-refractivity contribution in [3.05, 3.63) is 59.4 Å². The van der Waals surface area contributed by atoms with Crippen molar-refractivity contribution in [3.8, 4) is 0 Å². The third-order valence-corrected chi connectivity index (χ3v) is 3.76. The number of anilines is 1. The summed E-state index contributed by atoms with van der Waals surface area (Å²) in [4.78, 5) is 16.8. The second-order valence-electron chi connectivity index (χ2n) is 5.19. The lowest BCUT2D eigenvalue weighted by Crippen LogP contribution is -2.12. The van der Waals surface area contributed by atoms with Crippen LogP contribution in [0.3, 0.4) is 0 Å². The summed E-state index contributed by atoms with van der Waals surface area (Å²) in [5.41, 5.74) is 4.36. The molecule has 21 heavy (non-hydrogen) atoms. The van der Waals surface area contributed by atoms with Gasteiger partial charge in [0.15, 0.2) is 0 Å². The molecule has 0 spiro atoms. The number of nitrogens with zero attached hydrogens (tertiary/aromatic N) is 2. The third kappa shape index (κ3) is 2.40. The zero-order valence-electron chi connectivity index (χ0n) is 12.3. The molecule has 3 aromatic rings. The molecular formula is C17H17N3O. The number of imidazole rings is 1. The van der Waals surface area contributed by atoms with E-state index in [1.807, 2.05) is 67.9 Å². The molecule has 0 fully saturated rings. The molecule has 2 aromatic carbocycles. The van der Waals surface area contributed by atoms with E-state index >= 15 is 0 Å². The van der Waals surface area contributed by atoms with Crippen LogP contribution in [-0.2, 0) is 7.05 Å². The van der Waals surface area contributed by atoms with Gasteiger partial charge in [-0.1, -0.05) is 18.2 Å². The Bertz CT molecular complexity index is 833. The number of benzene rings is 2. The van der Waals surface area contributed by atoms with Crippen molar-refractivity contribution in [2.75, 3.05) is 5.32 Å². The van der Waals surface area contributed by atoms with Gasteiger partial charge < -0.3 is 9.88 Å². The summed E-state index contributed by atoms with van der Waals surface area (Å²) in [5.74, 6) is 0.816. The van der Waals surface area contributed by atoms with Crippen LogP contribution >= 0.6 is 0 Å². The van der Waals surface area contributed by atoms with Crippen LogP contribution in [0.4, 0.5) is 5.69 Å². The van der Waals surface area contributed by atoms with Gasteiger partial charge in [-0.25, -0.2) is 4.98 Å². The quantitative estimate of drug-likeness (QED) is 0.781. The van der Waals surface area contributed by atoms with Crippen molar-refractivity contribution in [3.63, 3.8) is 0 Å². The lowest BCUT2D eigenvalue weighted by Gasteiger charge is -2.08. The number of aryl methyl sites for hydroxylation is 3. The minimum atomic E-state index is -0.116. The Kier molecular flexibility index (Phi) is 3.22. The summed E-state index contributed by atoms with van der Waals surface area (Å²) in [6.45, 7) is 3.92. The van der Waals surface area contributed by atoms with Crippen molar-refractivity contribution < 1.29 is 4.79 Å². The second-order valence-corrected chi connectivity index (χ2v) is 5.19. The summed E-state index contributed by atoms with van der Waals surface area (Å²) in [6.07, 6.45) is 0. The van der Waals surface area contributed by atoms with E-state index in [0.717, 1.165) is 28.1 Å². The fourth-order valence-electron chi connectivity index (χ4n) is 2.37. The molecule has 0 saturated heterocycles.